The molecule has 18 heavy (non-hydrogen) atoms. The van der Waals surface area contributed by atoms with Crippen LogP contribution < -0.4 is 0 Å². The van der Waals surface area contributed by atoms with E-state index in [2.05, 4.69) is 36.9 Å². The Bertz CT molecular complexity index is 372. The Hall–Kier alpha value is -1.37. The second kappa shape index (κ2) is 7.86. The van der Waals surface area contributed by atoms with Crippen LogP contribution in [0.5, 0.6) is 0 Å². The van der Waals surface area contributed by atoms with E-state index in [0.717, 1.165) is 6.54 Å². The molecule has 1 aromatic rings. The van der Waals surface area contributed by atoms with Gasteiger partial charge >= 0.3 is 0 Å². The Morgan fingerprint density at radius 2 is 2.00 bits per heavy atom. The van der Waals surface area contributed by atoms with Crippen molar-refractivity contribution in [2.24, 2.45) is 0 Å². The Kier molecular flexibility index (Phi) is 6.42. The van der Waals surface area contributed by atoms with Gasteiger partial charge in [0.25, 0.3) is 0 Å². The molecule has 0 spiro atoms. The molecule has 2 atom stereocenters. The Morgan fingerprint density at radius 1 is 1.33 bits per heavy atom. The summed E-state index contributed by atoms with van der Waals surface area (Å²) in [5.74, 6) is 0. The van der Waals surface area contributed by atoms with Crippen molar-refractivity contribution in [2.45, 2.75) is 32.4 Å². The van der Waals surface area contributed by atoms with Gasteiger partial charge in [0.2, 0.25) is 0 Å². The highest BCUT2D eigenvalue weighted by Gasteiger charge is 2.23. The molecule has 0 heterocycles. The summed E-state index contributed by atoms with van der Waals surface area (Å²) in [5, 5.41) is 9.05. The number of hydrogen-bond acceptors (Lipinski definition) is 3. The Labute approximate surface area is 110 Å². The topological polar surface area (TPSA) is 36.3 Å². The average Bonchev–Trinajstić information content (AvgIpc) is 2.40. The number of methoxy groups -OCH3 is 1. The lowest BCUT2D eigenvalue weighted by Gasteiger charge is -2.34. The number of nitrogens with zero attached hydrogens (tertiary/aromatic N) is 2. The van der Waals surface area contributed by atoms with Gasteiger partial charge in [-0.05, 0) is 19.0 Å². The summed E-state index contributed by atoms with van der Waals surface area (Å²) in [6.07, 6.45) is 0.506. The van der Waals surface area contributed by atoms with Gasteiger partial charge in [0, 0.05) is 19.2 Å². The molecule has 0 aliphatic carbocycles. The Morgan fingerprint density at radius 3 is 2.50 bits per heavy atom. The van der Waals surface area contributed by atoms with Gasteiger partial charge in [-0.3, -0.25) is 4.90 Å². The summed E-state index contributed by atoms with van der Waals surface area (Å²) in [6.45, 7) is 5.86. The molecule has 2 unspecified atom stereocenters. The zero-order chi connectivity index (χ0) is 13.4. The first-order valence-electron chi connectivity index (χ1n) is 6.41. The van der Waals surface area contributed by atoms with Crippen molar-refractivity contribution in [3.05, 3.63) is 35.9 Å². The predicted molar refractivity (Wildman–Crippen MR) is 73.1 cm³/mol. The molecule has 3 heteroatoms. The minimum absolute atomic E-state index is 0.145. The largest absolute Gasteiger partial charge is 0.383 e. The van der Waals surface area contributed by atoms with Crippen molar-refractivity contribution in [2.75, 3.05) is 20.3 Å². The number of ether oxygens (including phenoxy) is 1. The zero-order valence-corrected chi connectivity index (χ0v) is 11.5. The molecule has 1 aromatic carbocycles. The Balaban J connectivity index is 2.92. The van der Waals surface area contributed by atoms with Crippen LogP contribution in [0.2, 0.25) is 0 Å². The van der Waals surface area contributed by atoms with E-state index < -0.39 is 0 Å². The molecule has 0 saturated heterocycles. The first-order valence-corrected chi connectivity index (χ1v) is 6.41. The predicted octanol–water partition coefficient (Wildman–Crippen LogP) is 3.00. The van der Waals surface area contributed by atoms with E-state index in [-0.39, 0.29) is 6.04 Å². The quantitative estimate of drug-likeness (QED) is 0.742. The van der Waals surface area contributed by atoms with E-state index in [4.69, 9.17) is 10.00 Å². The van der Waals surface area contributed by atoms with Crippen LogP contribution in [0.3, 0.4) is 0 Å². The summed E-state index contributed by atoms with van der Waals surface area (Å²) in [7, 11) is 1.71. The maximum absolute atomic E-state index is 9.05. The highest BCUT2D eigenvalue weighted by molar-refractivity contribution is 5.20. The molecule has 1 rings (SSSR count). The molecule has 0 amide bonds. The lowest BCUT2D eigenvalue weighted by Crippen LogP contribution is -2.39. The number of benzene rings is 1. The summed E-state index contributed by atoms with van der Waals surface area (Å²) >= 11 is 0. The summed E-state index contributed by atoms with van der Waals surface area (Å²) < 4.78 is 5.23. The molecule has 0 bridgehead atoms. The van der Waals surface area contributed by atoms with Crippen LogP contribution in [0.4, 0.5) is 0 Å². The standard InChI is InChI=1S/C15H22N2O/c1-4-17(13(2)12-18-3)15(10-11-16)14-8-6-5-7-9-14/h5-9,13,15H,4,10,12H2,1-3H3. The second-order valence-electron chi connectivity index (χ2n) is 4.42. The molecule has 0 fully saturated rings. The number of nitriles is 1. The van der Waals surface area contributed by atoms with E-state index in [1.54, 1.807) is 7.11 Å². The first-order chi connectivity index (χ1) is 8.74. The fraction of sp³-hybridized carbons (Fsp3) is 0.533. The molecule has 3 nitrogen and oxygen atoms in total. The third kappa shape index (κ3) is 3.83. The van der Waals surface area contributed by atoms with E-state index >= 15 is 0 Å². The van der Waals surface area contributed by atoms with Gasteiger partial charge in [0.05, 0.1) is 19.1 Å². The van der Waals surface area contributed by atoms with Crippen molar-refractivity contribution in [3.8, 4) is 6.07 Å². The van der Waals surface area contributed by atoms with Gasteiger partial charge in [-0.1, -0.05) is 37.3 Å². The van der Waals surface area contributed by atoms with Crippen molar-refractivity contribution in [3.63, 3.8) is 0 Å². The number of likely N-dealkylation sites (N-methyl/N-ethyl adjacent to an activating group) is 1. The number of hydrogen-bond donors (Lipinski definition) is 0. The maximum atomic E-state index is 9.05. The summed E-state index contributed by atoms with van der Waals surface area (Å²) in [6, 6.07) is 13.0. The zero-order valence-electron chi connectivity index (χ0n) is 11.5. The van der Waals surface area contributed by atoms with Crippen LogP contribution >= 0.6 is 0 Å². The van der Waals surface area contributed by atoms with Gasteiger partial charge in [0.15, 0.2) is 0 Å². The van der Waals surface area contributed by atoms with Crippen LogP contribution in [0.1, 0.15) is 31.9 Å². The molecular formula is C15H22N2O. The molecule has 0 saturated carbocycles. The van der Waals surface area contributed by atoms with Crippen molar-refractivity contribution in [1.82, 2.24) is 4.90 Å². The summed E-state index contributed by atoms with van der Waals surface area (Å²) in [5.41, 5.74) is 1.20. The van der Waals surface area contributed by atoms with E-state index in [9.17, 15) is 0 Å². The minimum atomic E-state index is 0.145. The van der Waals surface area contributed by atoms with Crippen LogP contribution in [0.25, 0.3) is 0 Å². The highest BCUT2D eigenvalue weighted by Crippen LogP contribution is 2.25. The van der Waals surface area contributed by atoms with Crippen LogP contribution in [-0.4, -0.2) is 31.2 Å². The van der Waals surface area contributed by atoms with Crippen LogP contribution in [0.15, 0.2) is 30.3 Å². The fourth-order valence-corrected chi connectivity index (χ4v) is 2.36. The average molecular weight is 246 g/mol. The van der Waals surface area contributed by atoms with E-state index in [0.29, 0.717) is 19.1 Å². The molecular weight excluding hydrogens is 224 g/mol. The van der Waals surface area contributed by atoms with Crippen LogP contribution in [-0.2, 0) is 4.74 Å². The third-order valence-corrected chi connectivity index (χ3v) is 3.21. The van der Waals surface area contributed by atoms with Crippen molar-refractivity contribution < 1.29 is 4.74 Å². The molecule has 0 aliphatic rings. The SMILES string of the molecule is CCN(C(C)COC)C(CC#N)c1ccccc1. The van der Waals surface area contributed by atoms with Crippen LogP contribution in [0, 0.1) is 11.3 Å². The van der Waals surface area contributed by atoms with Gasteiger partial charge in [-0.15, -0.1) is 0 Å². The van der Waals surface area contributed by atoms with Gasteiger partial charge in [0.1, 0.15) is 0 Å². The molecule has 0 aromatic heterocycles. The normalized spacial score (nSPS) is 14.2. The molecule has 0 radical (unpaired) electrons. The van der Waals surface area contributed by atoms with Crippen molar-refractivity contribution in [1.29, 1.82) is 5.26 Å². The second-order valence-corrected chi connectivity index (χ2v) is 4.42. The third-order valence-electron chi connectivity index (χ3n) is 3.21. The van der Waals surface area contributed by atoms with E-state index in [1.807, 2.05) is 18.2 Å². The smallest absolute Gasteiger partial charge is 0.0641 e. The lowest BCUT2D eigenvalue weighted by molar-refractivity contribution is 0.0739. The molecule has 0 N–H and O–H groups in total. The molecule has 0 aliphatic heterocycles. The van der Waals surface area contributed by atoms with Crippen molar-refractivity contribution >= 4 is 0 Å². The maximum Gasteiger partial charge on any atom is 0.0641 e. The highest BCUT2D eigenvalue weighted by atomic mass is 16.5. The number of rotatable bonds is 7. The first kappa shape index (κ1) is 14.7. The van der Waals surface area contributed by atoms with Gasteiger partial charge < -0.3 is 4.74 Å². The van der Waals surface area contributed by atoms with Gasteiger partial charge in [-0.2, -0.15) is 5.26 Å². The lowest BCUT2D eigenvalue weighted by atomic mass is 10.0. The monoisotopic (exact) mass is 246 g/mol. The van der Waals surface area contributed by atoms with E-state index in [1.165, 1.54) is 5.56 Å². The van der Waals surface area contributed by atoms with Gasteiger partial charge in [-0.25, -0.2) is 0 Å². The fourth-order valence-electron chi connectivity index (χ4n) is 2.36. The molecule has 98 valence electrons. The minimum Gasteiger partial charge on any atom is -0.383 e. The summed E-state index contributed by atoms with van der Waals surface area (Å²) in [4.78, 5) is 2.32.